The highest BCUT2D eigenvalue weighted by Crippen LogP contribution is 2.20. The van der Waals surface area contributed by atoms with Crippen LogP contribution in [0.1, 0.15) is 10.4 Å². The lowest BCUT2D eigenvalue weighted by molar-refractivity contribution is 0.102. The molecule has 4 rings (SSSR count). The summed E-state index contributed by atoms with van der Waals surface area (Å²) >= 11 is 5.90. The average Bonchev–Trinajstić information content (AvgIpc) is 3.25. The first-order valence-corrected chi connectivity index (χ1v) is 11.1. The van der Waals surface area contributed by atoms with Crippen molar-refractivity contribution in [1.29, 1.82) is 0 Å². The molecule has 7 nitrogen and oxygen atoms in total. The smallest absolute Gasteiger partial charge is 0.261 e. The van der Waals surface area contributed by atoms with Crippen LogP contribution in [0.4, 0.5) is 11.4 Å². The van der Waals surface area contributed by atoms with E-state index in [-0.39, 0.29) is 10.8 Å². The second-order valence-electron chi connectivity index (χ2n) is 6.60. The molecule has 0 saturated heterocycles. The van der Waals surface area contributed by atoms with Gasteiger partial charge in [-0.2, -0.15) is 5.10 Å². The van der Waals surface area contributed by atoms with Crippen LogP contribution in [0, 0.1) is 0 Å². The molecule has 1 aromatic heterocycles. The zero-order valence-corrected chi connectivity index (χ0v) is 17.6. The Kier molecular flexibility index (Phi) is 5.75. The van der Waals surface area contributed by atoms with Gasteiger partial charge in [0, 0.05) is 16.9 Å². The number of anilines is 2. The largest absolute Gasteiger partial charge is 0.322 e. The second-order valence-corrected chi connectivity index (χ2v) is 8.72. The summed E-state index contributed by atoms with van der Waals surface area (Å²) in [5, 5.41) is 7.56. The number of benzene rings is 3. The maximum absolute atomic E-state index is 12.6. The Balaban J connectivity index is 1.48. The van der Waals surface area contributed by atoms with Crippen molar-refractivity contribution in [2.45, 2.75) is 4.90 Å². The van der Waals surface area contributed by atoms with Crippen LogP contribution in [0.15, 0.2) is 96.2 Å². The lowest BCUT2D eigenvalue weighted by atomic mass is 10.2. The molecular weight excluding hydrogens is 436 g/mol. The van der Waals surface area contributed by atoms with Crippen LogP contribution >= 0.6 is 11.6 Å². The van der Waals surface area contributed by atoms with Crippen molar-refractivity contribution in [3.05, 3.63) is 102 Å². The number of hydrogen-bond acceptors (Lipinski definition) is 4. The number of carbonyl (C=O) groups is 1. The highest BCUT2D eigenvalue weighted by Gasteiger charge is 2.14. The van der Waals surface area contributed by atoms with Gasteiger partial charge in [-0.25, -0.2) is 13.1 Å². The van der Waals surface area contributed by atoms with Gasteiger partial charge >= 0.3 is 0 Å². The predicted octanol–water partition coefficient (Wildman–Crippen LogP) is 4.58. The minimum Gasteiger partial charge on any atom is -0.322 e. The third kappa shape index (κ3) is 4.93. The SMILES string of the molecule is O=C(Nc1cccc(NS(=O)(=O)c2ccccc2)c1)c1cnn(-c2ccc(Cl)cc2)c1. The molecule has 0 saturated carbocycles. The van der Waals surface area contributed by atoms with Crippen molar-refractivity contribution in [3.63, 3.8) is 0 Å². The van der Waals surface area contributed by atoms with E-state index < -0.39 is 10.0 Å². The Labute approximate surface area is 184 Å². The Hall–Kier alpha value is -3.62. The van der Waals surface area contributed by atoms with E-state index in [1.807, 2.05) is 0 Å². The molecule has 156 valence electrons. The van der Waals surface area contributed by atoms with Gasteiger partial charge in [-0.1, -0.05) is 35.9 Å². The number of nitrogens with one attached hydrogen (secondary N) is 2. The van der Waals surface area contributed by atoms with E-state index >= 15 is 0 Å². The zero-order chi connectivity index (χ0) is 21.8. The van der Waals surface area contributed by atoms with Gasteiger partial charge < -0.3 is 5.32 Å². The number of rotatable bonds is 6. The van der Waals surface area contributed by atoms with E-state index in [1.165, 1.54) is 18.3 Å². The van der Waals surface area contributed by atoms with Gasteiger partial charge in [0.1, 0.15) is 0 Å². The molecule has 0 aliphatic rings. The van der Waals surface area contributed by atoms with Gasteiger partial charge in [0.05, 0.1) is 28.0 Å². The van der Waals surface area contributed by atoms with Crippen molar-refractivity contribution >= 4 is 38.9 Å². The fourth-order valence-corrected chi connectivity index (χ4v) is 4.05. The number of nitrogens with zero attached hydrogens (tertiary/aromatic N) is 2. The van der Waals surface area contributed by atoms with E-state index in [4.69, 9.17) is 11.6 Å². The van der Waals surface area contributed by atoms with E-state index in [9.17, 15) is 13.2 Å². The normalized spacial score (nSPS) is 11.1. The third-order valence-electron chi connectivity index (χ3n) is 4.36. The molecule has 0 spiro atoms. The predicted molar refractivity (Wildman–Crippen MR) is 120 cm³/mol. The van der Waals surface area contributed by atoms with Crippen molar-refractivity contribution in [1.82, 2.24) is 9.78 Å². The molecule has 0 aliphatic carbocycles. The molecule has 31 heavy (non-hydrogen) atoms. The Morgan fingerprint density at radius 3 is 2.35 bits per heavy atom. The fraction of sp³-hybridized carbons (Fsp3) is 0. The van der Waals surface area contributed by atoms with Crippen LogP contribution in [0.2, 0.25) is 5.02 Å². The van der Waals surface area contributed by atoms with Crippen LogP contribution in [0.25, 0.3) is 5.69 Å². The number of amides is 1. The van der Waals surface area contributed by atoms with E-state index in [0.29, 0.717) is 22.0 Å². The minimum atomic E-state index is -3.73. The first-order chi connectivity index (χ1) is 14.9. The summed E-state index contributed by atoms with van der Waals surface area (Å²) in [4.78, 5) is 12.8. The Bertz CT molecular complexity index is 1320. The molecule has 1 amide bonds. The Morgan fingerprint density at radius 2 is 1.61 bits per heavy atom. The molecule has 0 atom stereocenters. The third-order valence-corrected chi connectivity index (χ3v) is 6.01. The van der Waals surface area contributed by atoms with Gasteiger partial charge in [-0.15, -0.1) is 0 Å². The summed E-state index contributed by atoms with van der Waals surface area (Å²) in [6, 6.07) is 21.6. The number of sulfonamides is 1. The first kappa shape index (κ1) is 20.6. The monoisotopic (exact) mass is 452 g/mol. The maximum Gasteiger partial charge on any atom is 0.261 e. The summed E-state index contributed by atoms with van der Waals surface area (Å²) in [6.45, 7) is 0. The zero-order valence-electron chi connectivity index (χ0n) is 16.1. The standard InChI is InChI=1S/C22H17ClN4O3S/c23-17-9-11-20(12-10-17)27-15-16(14-24-27)22(28)25-18-5-4-6-19(13-18)26-31(29,30)21-7-2-1-3-8-21/h1-15,26H,(H,25,28). The van der Waals surface area contributed by atoms with Gasteiger partial charge in [-0.05, 0) is 54.6 Å². The summed E-state index contributed by atoms with van der Waals surface area (Å²) in [7, 11) is -3.73. The highest BCUT2D eigenvalue weighted by molar-refractivity contribution is 7.92. The van der Waals surface area contributed by atoms with Crippen LogP contribution in [0.3, 0.4) is 0 Å². The van der Waals surface area contributed by atoms with Gasteiger partial charge in [0.15, 0.2) is 0 Å². The first-order valence-electron chi connectivity index (χ1n) is 9.21. The molecular formula is C22H17ClN4O3S. The van der Waals surface area contributed by atoms with Crippen molar-refractivity contribution < 1.29 is 13.2 Å². The maximum atomic E-state index is 12.6. The average molecular weight is 453 g/mol. The molecule has 1 heterocycles. The lowest BCUT2D eigenvalue weighted by Crippen LogP contribution is -2.14. The summed E-state index contributed by atoms with van der Waals surface area (Å²) in [6.07, 6.45) is 3.05. The van der Waals surface area contributed by atoms with Crippen molar-refractivity contribution in [3.8, 4) is 5.69 Å². The number of carbonyl (C=O) groups excluding carboxylic acids is 1. The minimum absolute atomic E-state index is 0.152. The number of hydrogen-bond donors (Lipinski definition) is 2. The fourth-order valence-electron chi connectivity index (χ4n) is 2.85. The van der Waals surface area contributed by atoms with E-state index in [1.54, 1.807) is 77.6 Å². The molecule has 0 aliphatic heterocycles. The molecule has 9 heteroatoms. The quantitative estimate of drug-likeness (QED) is 0.448. The molecule has 0 fully saturated rings. The molecule has 0 unspecified atom stereocenters. The van der Waals surface area contributed by atoms with E-state index in [2.05, 4.69) is 15.1 Å². The van der Waals surface area contributed by atoms with Gasteiger partial charge in [0.25, 0.3) is 15.9 Å². The summed E-state index contributed by atoms with van der Waals surface area (Å²) in [5.74, 6) is -0.372. The lowest BCUT2D eigenvalue weighted by Gasteiger charge is -2.10. The van der Waals surface area contributed by atoms with Crippen molar-refractivity contribution in [2.24, 2.45) is 0 Å². The molecule has 0 radical (unpaired) electrons. The van der Waals surface area contributed by atoms with Crippen molar-refractivity contribution in [2.75, 3.05) is 10.0 Å². The van der Waals surface area contributed by atoms with Crippen LogP contribution < -0.4 is 10.0 Å². The van der Waals surface area contributed by atoms with Crippen LogP contribution in [-0.4, -0.2) is 24.1 Å². The van der Waals surface area contributed by atoms with E-state index in [0.717, 1.165) is 5.69 Å². The van der Waals surface area contributed by atoms with Gasteiger partial charge in [-0.3, -0.25) is 9.52 Å². The highest BCUT2D eigenvalue weighted by atomic mass is 35.5. The number of halogens is 1. The summed E-state index contributed by atoms with van der Waals surface area (Å²) < 4.78 is 29.1. The van der Waals surface area contributed by atoms with Crippen LogP contribution in [0.5, 0.6) is 0 Å². The topological polar surface area (TPSA) is 93.1 Å². The molecule has 4 aromatic rings. The molecule has 3 aromatic carbocycles. The molecule has 2 N–H and O–H groups in total. The second kappa shape index (κ2) is 8.63. The molecule has 0 bridgehead atoms. The number of aromatic nitrogens is 2. The summed E-state index contributed by atoms with van der Waals surface area (Å²) in [5.41, 5.74) is 1.89. The Morgan fingerprint density at radius 1 is 0.903 bits per heavy atom. The van der Waals surface area contributed by atoms with Crippen LogP contribution in [-0.2, 0) is 10.0 Å². The van der Waals surface area contributed by atoms with Gasteiger partial charge in [0.2, 0.25) is 0 Å².